The van der Waals surface area contributed by atoms with Crippen LogP contribution in [0.2, 0.25) is 0 Å². The van der Waals surface area contributed by atoms with Gasteiger partial charge in [-0.05, 0) is 31.7 Å². The number of hydrogen-bond donors (Lipinski definition) is 3. The molecule has 2 heterocycles. The van der Waals surface area contributed by atoms with Crippen molar-refractivity contribution in [2.45, 2.75) is 38.8 Å². The highest BCUT2D eigenvalue weighted by Crippen LogP contribution is 2.33. The van der Waals surface area contributed by atoms with E-state index in [0.717, 1.165) is 12.0 Å². The molecule has 1 aliphatic heterocycles. The van der Waals surface area contributed by atoms with Crippen LogP contribution in [-0.4, -0.2) is 36.1 Å². The molecule has 0 spiro atoms. The predicted octanol–water partition coefficient (Wildman–Crippen LogP) is 2.82. The Hall–Kier alpha value is -2.29. The molecule has 2 unspecified atom stereocenters. The highest BCUT2D eigenvalue weighted by molar-refractivity contribution is 7.19. The predicted molar refractivity (Wildman–Crippen MR) is 105 cm³/mol. The van der Waals surface area contributed by atoms with E-state index in [0.29, 0.717) is 34.4 Å². The second-order valence-corrected chi connectivity index (χ2v) is 7.67. The molecule has 7 nitrogen and oxygen atoms in total. The highest BCUT2D eigenvalue weighted by atomic mass is 32.1. The van der Waals surface area contributed by atoms with Crippen molar-refractivity contribution in [1.29, 1.82) is 0 Å². The smallest absolute Gasteiger partial charge is 0.358 e. The molecule has 2 aromatic rings. The quantitative estimate of drug-likeness (QED) is 0.659. The molecule has 3 N–H and O–H groups in total. The van der Waals surface area contributed by atoms with Gasteiger partial charge in [-0.15, -0.1) is 0 Å². The van der Waals surface area contributed by atoms with Crippen LogP contribution in [0, 0.1) is 5.92 Å². The first-order valence-corrected chi connectivity index (χ1v) is 9.76. The van der Waals surface area contributed by atoms with E-state index in [1.165, 1.54) is 18.4 Å². The number of anilines is 1. The minimum Gasteiger partial charge on any atom is -0.464 e. The van der Waals surface area contributed by atoms with Crippen molar-refractivity contribution in [3.8, 4) is 10.4 Å². The van der Waals surface area contributed by atoms with Crippen LogP contribution in [0.5, 0.6) is 0 Å². The molecule has 1 aliphatic rings. The number of thiazole rings is 1. The fourth-order valence-corrected chi connectivity index (χ4v) is 4.26. The zero-order chi connectivity index (χ0) is 19.4. The number of nitrogens with zero attached hydrogens (tertiary/aromatic N) is 1. The van der Waals surface area contributed by atoms with Crippen LogP contribution in [-0.2, 0) is 9.53 Å². The molecule has 2 atom stereocenters. The Balaban J connectivity index is 1.70. The van der Waals surface area contributed by atoms with Crippen molar-refractivity contribution in [3.63, 3.8) is 0 Å². The molecule has 0 aliphatic carbocycles. The molecule has 1 aromatic heterocycles. The summed E-state index contributed by atoms with van der Waals surface area (Å²) in [5.41, 5.74) is 7.48. The van der Waals surface area contributed by atoms with Crippen molar-refractivity contribution < 1.29 is 14.3 Å². The van der Waals surface area contributed by atoms with E-state index in [4.69, 9.17) is 4.74 Å². The van der Waals surface area contributed by atoms with Crippen molar-refractivity contribution in [1.82, 2.24) is 15.8 Å². The van der Waals surface area contributed by atoms with Crippen LogP contribution in [0.4, 0.5) is 5.13 Å². The van der Waals surface area contributed by atoms with Gasteiger partial charge in [0, 0.05) is 18.5 Å². The standard InChI is InChI=1S/C19H24N4O3S/c1-11-14(12(2)23-22-11)9-10-15(24)20-19-21-16(18(25)26-3)17(27-19)13-7-5-4-6-8-13/h4-8,11-12,14,22-23H,9-10H2,1-3H3,(H,20,21,24). The van der Waals surface area contributed by atoms with Gasteiger partial charge < -0.3 is 10.1 Å². The number of aromatic nitrogens is 1. The van der Waals surface area contributed by atoms with Gasteiger partial charge in [-0.1, -0.05) is 41.7 Å². The second kappa shape index (κ2) is 8.60. The van der Waals surface area contributed by atoms with Crippen LogP contribution in [0.25, 0.3) is 10.4 Å². The summed E-state index contributed by atoms with van der Waals surface area (Å²) in [4.78, 5) is 29.4. The lowest BCUT2D eigenvalue weighted by Crippen LogP contribution is -2.30. The van der Waals surface area contributed by atoms with E-state index in [2.05, 4.69) is 35.0 Å². The van der Waals surface area contributed by atoms with Gasteiger partial charge >= 0.3 is 5.97 Å². The Morgan fingerprint density at radius 1 is 1.19 bits per heavy atom. The van der Waals surface area contributed by atoms with E-state index in [1.807, 2.05) is 30.3 Å². The fraction of sp³-hybridized carbons (Fsp3) is 0.421. The summed E-state index contributed by atoms with van der Waals surface area (Å²) in [6.45, 7) is 4.21. The molecular formula is C19H24N4O3S. The normalized spacial score (nSPS) is 21.8. The van der Waals surface area contributed by atoms with E-state index < -0.39 is 5.97 Å². The molecule has 27 heavy (non-hydrogen) atoms. The summed E-state index contributed by atoms with van der Waals surface area (Å²) in [5.74, 6) is -0.236. The van der Waals surface area contributed by atoms with Crippen molar-refractivity contribution in [2.24, 2.45) is 5.92 Å². The van der Waals surface area contributed by atoms with Crippen molar-refractivity contribution in [3.05, 3.63) is 36.0 Å². The van der Waals surface area contributed by atoms with E-state index in [-0.39, 0.29) is 11.6 Å². The molecule has 1 saturated heterocycles. The Labute approximate surface area is 162 Å². The molecule has 1 fully saturated rings. The maximum Gasteiger partial charge on any atom is 0.358 e. The van der Waals surface area contributed by atoms with Gasteiger partial charge in [0.05, 0.1) is 12.0 Å². The Morgan fingerprint density at radius 3 is 2.48 bits per heavy atom. The number of amides is 1. The summed E-state index contributed by atoms with van der Waals surface area (Å²) in [5, 5.41) is 3.23. The van der Waals surface area contributed by atoms with Gasteiger partial charge in [-0.3, -0.25) is 15.6 Å². The van der Waals surface area contributed by atoms with Gasteiger partial charge in [0.15, 0.2) is 10.8 Å². The summed E-state index contributed by atoms with van der Waals surface area (Å²) in [6.07, 6.45) is 1.17. The molecule has 3 rings (SSSR count). The lowest BCUT2D eigenvalue weighted by Gasteiger charge is -2.16. The highest BCUT2D eigenvalue weighted by Gasteiger charge is 2.30. The van der Waals surface area contributed by atoms with Gasteiger partial charge in [0.25, 0.3) is 0 Å². The third-order valence-electron chi connectivity index (χ3n) is 4.82. The summed E-state index contributed by atoms with van der Waals surface area (Å²) < 4.78 is 4.83. The number of carbonyl (C=O) groups is 2. The number of benzene rings is 1. The van der Waals surface area contributed by atoms with E-state index >= 15 is 0 Å². The number of hydrazine groups is 1. The zero-order valence-corrected chi connectivity index (χ0v) is 16.4. The molecule has 1 aromatic carbocycles. The second-order valence-electron chi connectivity index (χ2n) is 6.67. The average Bonchev–Trinajstić information content (AvgIpc) is 3.23. The van der Waals surface area contributed by atoms with Gasteiger partial charge in [-0.2, -0.15) is 0 Å². The summed E-state index contributed by atoms with van der Waals surface area (Å²) >= 11 is 1.28. The minimum atomic E-state index is -0.517. The molecule has 8 heteroatoms. The largest absolute Gasteiger partial charge is 0.464 e. The Bertz CT molecular complexity index is 799. The summed E-state index contributed by atoms with van der Waals surface area (Å²) in [7, 11) is 1.32. The maximum absolute atomic E-state index is 12.4. The van der Waals surface area contributed by atoms with Crippen LogP contribution >= 0.6 is 11.3 Å². The van der Waals surface area contributed by atoms with E-state index in [9.17, 15) is 9.59 Å². The van der Waals surface area contributed by atoms with Crippen molar-refractivity contribution >= 4 is 28.3 Å². The number of carbonyl (C=O) groups excluding carboxylic acids is 2. The topological polar surface area (TPSA) is 92.3 Å². The third kappa shape index (κ3) is 4.52. The number of hydrogen-bond acceptors (Lipinski definition) is 7. The monoisotopic (exact) mass is 388 g/mol. The first-order chi connectivity index (χ1) is 13.0. The lowest BCUT2D eigenvalue weighted by molar-refractivity contribution is -0.116. The third-order valence-corrected chi connectivity index (χ3v) is 5.84. The molecule has 0 bridgehead atoms. The molecule has 144 valence electrons. The number of rotatable bonds is 6. The molecule has 0 radical (unpaired) electrons. The SMILES string of the molecule is COC(=O)c1nc(NC(=O)CCC2C(C)NNC2C)sc1-c1ccccc1. The van der Waals surface area contributed by atoms with E-state index in [1.54, 1.807) is 0 Å². The van der Waals surface area contributed by atoms with Crippen LogP contribution in [0.15, 0.2) is 30.3 Å². The Morgan fingerprint density at radius 2 is 1.85 bits per heavy atom. The average molecular weight is 388 g/mol. The molecule has 0 saturated carbocycles. The van der Waals surface area contributed by atoms with Crippen LogP contribution in [0.3, 0.4) is 0 Å². The number of ether oxygens (including phenoxy) is 1. The lowest BCUT2D eigenvalue weighted by atomic mass is 9.91. The maximum atomic E-state index is 12.4. The number of methoxy groups -OCH3 is 1. The van der Waals surface area contributed by atoms with Crippen LogP contribution in [0.1, 0.15) is 37.2 Å². The Kier molecular flexibility index (Phi) is 6.20. The van der Waals surface area contributed by atoms with Gasteiger partial charge in [-0.25, -0.2) is 9.78 Å². The molecule has 1 amide bonds. The molecular weight excluding hydrogens is 364 g/mol. The first kappa shape index (κ1) is 19.5. The fourth-order valence-electron chi connectivity index (χ4n) is 3.28. The minimum absolute atomic E-state index is 0.105. The first-order valence-electron chi connectivity index (χ1n) is 8.95. The van der Waals surface area contributed by atoms with Crippen LogP contribution < -0.4 is 16.2 Å². The van der Waals surface area contributed by atoms with Gasteiger partial charge in [0.1, 0.15) is 0 Å². The van der Waals surface area contributed by atoms with Gasteiger partial charge in [0.2, 0.25) is 5.91 Å². The van der Waals surface area contributed by atoms with Crippen molar-refractivity contribution in [2.75, 3.05) is 12.4 Å². The number of esters is 1. The zero-order valence-electron chi connectivity index (χ0n) is 15.6. The number of nitrogens with one attached hydrogen (secondary N) is 3. The summed E-state index contributed by atoms with van der Waals surface area (Å²) in [6, 6.07) is 10.1.